The van der Waals surface area contributed by atoms with E-state index >= 15 is 0 Å². The molecule has 0 bridgehead atoms. The molecule has 0 saturated heterocycles. The van der Waals surface area contributed by atoms with E-state index in [0.29, 0.717) is 0 Å². The zero-order chi connectivity index (χ0) is 13.5. The second-order valence-electron chi connectivity index (χ2n) is 2.65. The third kappa shape index (κ3) is 3.25. The van der Waals surface area contributed by atoms with Crippen LogP contribution in [0.3, 0.4) is 0 Å². The van der Waals surface area contributed by atoms with E-state index in [0.717, 1.165) is 9.13 Å². The van der Waals surface area contributed by atoms with Crippen molar-refractivity contribution in [2.24, 2.45) is 14.1 Å². The Kier molecular flexibility index (Phi) is 8.16. The molecule has 0 aliphatic heterocycles. The van der Waals surface area contributed by atoms with Crippen molar-refractivity contribution in [3.05, 3.63) is 26.4 Å². The van der Waals surface area contributed by atoms with Gasteiger partial charge in [0.1, 0.15) is 0 Å². The Hall–Kier alpha value is -1.52. The lowest BCUT2D eigenvalue weighted by molar-refractivity contribution is 0.406. The maximum absolute atomic E-state index is 11.2. The first-order chi connectivity index (χ1) is 7.46. The molecule has 1 N–H and O–H groups in total. The number of nitrogens with zero attached hydrogens (tertiary/aromatic N) is 2. The minimum absolute atomic E-state index is 0.180. The van der Waals surface area contributed by atoms with Gasteiger partial charge in [0, 0.05) is 14.1 Å². The molecule has 1 aromatic rings. The molecule has 0 spiro atoms. The molecule has 0 fully saturated rings. The van der Waals surface area contributed by atoms with Crippen molar-refractivity contribution in [3.63, 3.8) is 0 Å². The standard InChI is InChI=1S/C7H10N2O3.2C2H6/c1-4-5(10)8(2)7(12)9(3)6(4)11;2*1-2/h10H,1-3H3;2*1-2H3. The third-order valence-electron chi connectivity index (χ3n) is 1.85. The summed E-state index contributed by atoms with van der Waals surface area (Å²) in [4.78, 5) is 22.3. The van der Waals surface area contributed by atoms with Crippen molar-refractivity contribution in [2.75, 3.05) is 0 Å². The average molecular weight is 230 g/mol. The van der Waals surface area contributed by atoms with E-state index in [4.69, 9.17) is 0 Å². The number of aromatic hydroxyl groups is 1. The van der Waals surface area contributed by atoms with Gasteiger partial charge in [-0.2, -0.15) is 0 Å². The van der Waals surface area contributed by atoms with Crippen LogP contribution in [-0.4, -0.2) is 14.2 Å². The molecular formula is C11H22N2O3. The lowest BCUT2D eigenvalue weighted by Crippen LogP contribution is -2.37. The van der Waals surface area contributed by atoms with E-state index in [2.05, 4.69) is 0 Å². The average Bonchev–Trinajstić information content (AvgIpc) is 2.36. The van der Waals surface area contributed by atoms with E-state index in [1.165, 1.54) is 21.0 Å². The maximum Gasteiger partial charge on any atom is 0.333 e. The zero-order valence-electron chi connectivity index (χ0n) is 11.2. The number of rotatable bonds is 0. The third-order valence-corrected chi connectivity index (χ3v) is 1.85. The Balaban J connectivity index is 0. The van der Waals surface area contributed by atoms with Crippen molar-refractivity contribution in [2.45, 2.75) is 34.6 Å². The Bertz CT molecular complexity index is 393. The van der Waals surface area contributed by atoms with E-state index < -0.39 is 11.2 Å². The molecule has 16 heavy (non-hydrogen) atoms. The van der Waals surface area contributed by atoms with Crippen LogP contribution in [0, 0.1) is 6.92 Å². The van der Waals surface area contributed by atoms with Gasteiger partial charge < -0.3 is 5.11 Å². The highest BCUT2D eigenvalue weighted by Crippen LogP contribution is 2.04. The number of aromatic nitrogens is 2. The summed E-state index contributed by atoms with van der Waals surface area (Å²) >= 11 is 0. The molecule has 0 amide bonds. The van der Waals surface area contributed by atoms with Gasteiger partial charge in [-0.1, -0.05) is 27.7 Å². The van der Waals surface area contributed by atoms with Gasteiger partial charge in [0.15, 0.2) is 0 Å². The van der Waals surface area contributed by atoms with E-state index in [1.807, 2.05) is 27.7 Å². The summed E-state index contributed by atoms with van der Waals surface area (Å²) in [5.74, 6) is -0.275. The minimum atomic E-state index is -0.525. The Morgan fingerprint density at radius 3 is 1.69 bits per heavy atom. The van der Waals surface area contributed by atoms with Crippen molar-refractivity contribution < 1.29 is 5.11 Å². The normalized spacial score (nSPS) is 8.44. The second-order valence-corrected chi connectivity index (χ2v) is 2.65. The fourth-order valence-corrected chi connectivity index (χ4v) is 1.00. The van der Waals surface area contributed by atoms with Gasteiger partial charge in [0.25, 0.3) is 5.56 Å². The summed E-state index contributed by atoms with van der Waals surface area (Å²) in [6.07, 6.45) is 0. The fraction of sp³-hybridized carbons (Fsp3) is 0.636. The Morgan fingerprint density at radius 2 is 1.31 bits per heavy atom. The van der Waals surface area contributed by atoms with Crippen molar-refractivity contribution in [1.29, 1.82) is 0 Å². The van der Waals surface area contributed by atoms with Crippen LogP contribution in [0.2, 0.25) is 0 Å². The quantitative estimate of drug-likeness (QED) is 0.727. The van der Waals surface area contributed by atoms with Gasteiger partial charge in [0.2, 0.25) is 5.88 Å². The zero-order valence-corrected chi connectivity index (χ0v) is 11.2. The maximum atomic E-state index is 11.2. The first kappa shape index (κ1) is 16.9. The lowest BCUT2D eigenvalue weighted by Gasteiger charge is -2.06. The molecule has 94 valence electrons. The molecule has 0 saturated carbocycles. The Morgan fingerprint density at radius 1 is 0.938 bits per heavy atom. The first-order valence-electron chi connectivity index (χ1n) is 5.42. The minimum Gasteiger partial charge on any atom is -0.494 e. The van der Waals surface area contributed by atoms with Gasteiger partial charge >= 0.3 is 5.69 Å². The summed E-state index contributed by atoms with van der Waals surface area (Å²) < 4.78 is 1.98. The summed E-state index contributed by atoms with van der Waals surface area (Å²) in [5.41, 5.74) is -0.807. The second kappa shape index (κ2) is 7.73. The molecule has 1 rings (SSSR count). The number of hydrogen-bond donors (Lipinski definition) is 1. The molecule has 5 nitrogen and oxygen atoms in total. The predicted octanol–water partition coefficient (Wildman–Crippen LogP) is 1.15. The van der Waals surface area contributed by atoms with Crippen molar-refractivity contribution in [3.8, 4) is 5.88 Å². The van der Waals surface area contributed by atoms with Crippen LogP contribution in [0.5, 0.6) is 5.88 Å². The molecule has 1 heterocycles. The Labute approximate surface area is 96.0 Å². The van der Waals surface area contributed by atoms with Crippen LogP contribution < -0.4 is 11.2 Å². The van der Waals surface area contributed by atoms with Gasteiger partial charge in [-0.15, -0.1) is 0 Å². The predicted molar refractivity (Wildman–Crippen MR) is 66.0 cm³/mol. The molecule has 0 aliphatic carbocycles. The van der Waals surface area contributed by atoms with Gasteiger partial charge in [-0.05, 0) is 6.92 Å². The highest BCUT2D eigenvalue weighted by molar-refractivity contribution is 5.20. The van der Waals surface area contributed by atoms with Crippen molar-refractivity contribution >= 4 is 0 Å². The van der Waals surface area contributed by atoms with Gasteiger partial charge in [-0.3, -0.25) is 13.9 Å². The highest BCUT2D eigenvalue weighted by Gasteiger charge is 2.09. The van der Waals surface area contributed by atoms with Gasteiger partial charge in [-0.25, -0.2) is 4.79 Å². The molecular weight excluding hydrogens is 208 g/mol. The SMILES string of the molecule is CC.CC.Cc1c(O)n(C)c(=O)n(C)c1=O. The van der Waals surface area contributed by atoms with Crippen LogP contribution in [-0.2, 0) is 14.1 Å². The summed E-state index contributed by atoms with van der Waals surface area (Å²) in [7, 11) is 2.78. The van der Waals surface area contributed by atoms with Crippen molar-refractivity contribution in [1.82, 2.24) is 9.13 Å². The summed E-state index contributed by atoms with van der Waals surface area (Å²) in [5, 5.41) is 9.24. The van der Waals surface area contributed by atoms with Crippen LogP contribution in [0.15, 0.2) is 9.59 Å². The first-order valence-corrected chi connectivity index (χ1v) is 5.42. The van der Waals surface area contributed by atoms with E-state index in [9.17, 15) is 14.7 Å². The molecule has 5 heteroatoms. The summed E-state index contributed by atoms with van der Waals surface area (Å²) in [6.45, 7) is 9.47. The lowest BCUT2D eigenvalue weighted by atomic mass is 10.3. The van der Waals surface area contributed by atoms with E-state index in [-0.39, 0.29) is 11.4 Å². The molecule has 0 aromatic carbocycles. The molecule has 0 atom stereocenters. The molecule has 0 radical (unpaired) electrons. The van der Waals surface area contributed by atoms with Crippen LogP contribution >= 0.6 is 0 Å². The monoisotopic (exact) mass is 230 g/mol. The largest absolute Gasteiger partial charge is 0.494 e. The topological polar surface area (TPSA) is 64.2 Å². The fourth-order valence-electron chi connectivity index (χ4n) is 1.00. The molecule has 0 aliphatic rings. The molecule has 0 unspecified atom stereocenters. The molecule has 1 aromatic heterocycles. The smallest absolute Gasteiger partial charge is 0.333 e. The van der Waals surface area contributed by atoms with Crippen LogP contribution in [0.25, 0.3) is 0 Å². The van der Waals surface area contributed by atoms with Crippen LogP contribution in [0.4, 0.5) is 0 Å². The summed E-state index contributed by atoms with van der Waals surface area (Å²) in [6, 6.07) is 0. The highest BCUT2D eigenvalue weighted by atomic mass is 16.3. The van der Waals surface area contributed by atoms with E-state index in [1.54, 1.807) is 0 Å². The number of hydrogen-bond acceptors (Lipinski definition) is 3. The van der Waals surface area contributed by atoms with Crippen LogP contribution in [0.1, 0.15) is 33.3 Å². The van der Waals surface area contributed by atoms with Gasteiger partial charge in [0.05, 0.1) is 5.56 Å².